The van der Waals surface area contributed by atoms with Gasteiger partial charge in [-0.25, -0.2) is 4.79 Å². The Labute approximate surface area is 146 Å². The van der Waals surface area contributed by atoms with E-state index in [1.165, 1.54) is 19.2 Å². The third-order valence-corrected chi connectivity index (χ3v) is 3.63. The summed E-state index contributed by atoms with van der Waals surface area (Å²) in [6.45, 7) is 4.09. The predicted molar refractivity (Wildman–Crippen MR) is 90.6 cm³/mol. The summed E-state index contributed by atoms with van der Waals surface area (Å²) in [4.78, 5) is 24.1. The topological polar surface area (TPSA) is 93.9 Å². The van der Waals surface area contributed by atoms with Gasteiger partial charge in [0.2, 0.25) is 0 Å². The van der Waals surface area contributed by atoms with Crippen LogP contribution < -0.4 is 10.1 Å². The smallest absolute Gasteiger partial charge is 0.343 e. The summed E-state index contributed by atoms with van der Waals surface area (Å²) >= 11 is 0. The van der Waals surface area contributed by atoms with Gasteiger partial charge in [-0.2, -0.15) is 0 Å². The monoisotopic (exact) mass is 359 g/mol. The van der Waals surface area contributed by atoms with Crippen LogP contribution in [0.1, 0.15) is 12.0 Å². The van der Waals surface area contributed by atoms with E-state index in [0.717, 1.165) is 38.2 Å². The van der Waals surface area contributed by atoms with E-state index in [0.29, 0.717) is 6.54 Å². The van der Waals surface area contributed by atoms with Crippen LogP contribution in [0.3, 0.4) is 0 Å². The molecule has 2 rings (SSSR count). The van der Waals surface area contributed by atoms with Crippen molar-refractivity contribution in [2.45, 2.75) is 13.0 Å². The molecule has 1 fully saturated rings. The molecule has 0 spiro atoms. The normalized spacial score (nSPS) is 15.0. The second-order valence-electron chi connectivity index (χ2n) is 5.30. The van der Waals surface area contributed by atoms with Crippen LogP contribution in [0, 0.1) is 10.1 Å². The van der Waals surface area contributed by atoms with Crippen LogP contribution in [-0.2, 0) is 16.1 Å². The molecule has 0 aromatic heterocycles. The molecule has 0 radical (unpaired) electrons. The number of nitro benzene ring substituents is 1. The van der Waals surface area contributed by atoms with Gasteiger partial charge in [0, 0.05) is 25.7 Å². The first-order chi connectivity index (χ1) is 11.1. The van der Waals surface area contributed by atoms with Crippen molar-refractivity contribution in [3.8, 4) is 5.75 Å². The van der Waals surface area contributed by atoms with Gasteiger partial charge in [0.05, 0.1) is 12.0 Å². The van der Waals surface area contributed by atoms with Crippen LogP contribution in [0.2, 0.25) is 0 Å². The average Bonchev–Trinajstić information content (AvgIpc) is 2.81. The molecular weight excluding hydrogens is 338 g/mol. The summed E-state index contributed by atoms with van der Waals surface area (Å²) in [7, 11) is 1.24. The fraction of sp³-hybridized carbons (Fsp3) is 0.533. The lowest BCUT2D eigenvalue weighted by Crippen LogP contribution is -2.27. The first-order valence-corrected chi connectivity index (χ1v) is 7.50. The number of nitrogens with one attached hydrogen (secondary N) is 1. The molecule has 1 aromatic carbocycles. The van der Waals surface area contributed by atoms with E-state index >= 15 is 0 Å². The molecule has 1 N–H and O–H groups in total. The molecule has 9 heteroatoms. The number of hydrogen-bond donors (Lipinski definition) is 1. The molecule has 0 atom stereocenters. The number of halogens is 1. The van der Waals surface area contributed by atoms with Crippen LogP contribution in [0.25, 0.3) is 0 Å². The number of carbonyl (C=O) groups is 1. The molecule has 1 aliphatic rings. The van der Waals surface area contributed by atoms with E-state index in [9.17, 15) is 14.9 Å². The number of methoxy groups -OCH3 is 1. The minimum Gasteiger partial charge on any atom is -0.475 e. The van der Waals surface area contributed by atoms with Gasteiger partial charge < -0.3 is 14.8 Å². The van der Waals surface area contributed by atoms with Crippen LogP contribution in [-0.4, -0.2) is 55.7 Å². The van der Waals surface area contributed by atoms with Gasteiger partial charge in [0.1, 0.15) is 0 Å². The molecule has 0 amide bonds. The molecule has 1 aliphatic heterocycles. The number of benzene rings is 1. The largest absolute Gasteiger partial charge is 0.475 e. The Kier molecular flexibility index (Phi) is 8.45. The zero-order valence-corrected chi connectivity index (χ0v) is 14.3. The lowest BCUT2D eigenvalue weighted by molar-refractivity contribution is -0.385. The highest BCUT2D eigenvalue weighted by atomic mass is 35.5. The molecule has 0 bridgehead atoms. The summed E-state index contributed by atoms with van der Waals surface area (Å²) in [5.41, 5.74) is 0.711. The van der Waals surface area contributed by atoms with Gasteiger partial charge >= 0.3 is 11.7 Å². The van der Waals surface area contributed by atoms with Gasteiger partial charge in [-0.15, -0.1) is 12.4 Å². The third kappa shape index (κ3) is 5.95. The van der Waals surface area contributed by atoms with Crippen molar-refractivity contribution in [2.24, 2.45) is 0 Å². The van der Waals surface area contributed by atoms with E-state index < -0.39 is 10.9 Å². The number of ether oxygens (including phenoxy) is 2. The number of hydrogen-bond acceptors (Lipinski definition) is 7. The van der Waals surface area contributed by atoms with Gasteiger partial charge in [-0.05, 0) is 31.1 Å². The SMILES string of the molecule is COC(=O)COc1ccc(CN2CCCNCC2)cc1[N+](=O)[O-].Cl. The van der Waals surface area contributed by atoms with E-state index in [1.54, 1.807) is 6.07 Å². The molecule has 8 nitrogen and oxygen atoms in total. The fourth-order valence-electron chi connectivity index (χ4n) is 2.44. The molecular formula is C15H22ClN3O5. The molecule has 1 aromatic rings. The number of carbonyl (C=O) groups excluding carboxylic acids is 1. The Morgan fingerprint density at radius 2 is 2.17 bits per heavy atom. The van der Waals surface area contributed by atoms with Crippen molar-refractivity contribution in [3.63, 3.8) is 0 Å². The van der Waals surface area contributed by atoms with Crippen molar-refractivity contribution in [3.05, 3.63) is 33.9 Å². The molecule has 24 heavy (non-hydrogen) atoms. The maximum absolute atomic E-state index is 11.2. The maximum atomic E-state index is 11.2. The highest BCUT2D eigenvalue weighted by Gasteiger charge is 2.18. The van der Waals surface area contributed by atoms with Crippen LogP contribution in [0.15, 0.2) is 18.2 Å². The highest BCUT2D eigenvalue weighted by molar-refractivity contribution is 5.85. The summed E-state index contributed by atoms with van der Waals surface area (Å²) < 4.78 is 9.64. The molecule has 0 unspecified atom stereocenters. The van der Waals surface area contributed by atoms with Gasteiger partial charge in [-0.1, -0.05) is 6.07 Å². The second-order valence-corrected chi connectivity index (χ2v) is 5.30. The molecule has 1 saturated heterocycles. The first-order valence-electron chi connectivity index (χ1n) is 7.50. The van der Waals surface area contributed by atoms with Gasteiger partial charge in [-0.3, -0.25) is 15.0 Å². The lowest BCUT2D eigenvalue weighted by atomic mass is 10.1. The summed E-state index contributed by atoms with van der Waals surface area (Å²) in [6.07, 6.45) is 1.06. The van der Waals surface area contributed by atoms with E-state index in [2.05, 4.69) is 15.0 Å². The predicted octanol–water partition coefficient (Wildman–Crippen LogP) is 1.36. The molecule has 0 saturated carbocycles. The second kappa shape index (κ2) is 10.1. The summed E-state index contributed by atoms with van der Waals surface area (Å²) in [5.74, 6) is -0.512. The molecule has 134 valence electrons. The maximum Gasteiger partial charge on any atom is 0.343 e. The Hall–Kier alpha value is -1.90. The van der Waals surface area contributed by atoms with Crippen molar-refractivity contribution < 1.29 is 19.2 Å². The van der Waals surface area contributed by atoms with Crippen molar-refractivity contribution >= 4 is 24.1 Å². The minimum atomic E-state index is -0.583. The Morgan fingerprint density at radius 3 is 2.88 bits per heavy atom. The number of esters is 1. The molecule has 0 aliphatic carbocycles. The quantitative estimate of drug-likeness (QED) is 0.465. The summed E-state index contributed by atoms with van der Waals surface area (Å²) in [5, 5.41) is 14.5. The zero-order valence-electron chi connectivity index (χ0n) is 13.5. The van der Waals surface area contributed by atoms with Crippen molar-refractivity contribution in [1.29, 1.82) is 0 Å². The Balaban J connectivity index is 0.00000288. The molecule has 1 heterocycles. The van der Waals surface area contributed by atoms with Crippen LogP contribution in [0.4, 0.5) is 5.69 Å². The average molecular weight is 360 g/mol. The third-order valence-electron chi connectivity index (χ3n) is 3.63. The van der Waals surface area contributed by atoms with Gasteiger partial charge in [0.25, 0.3) is 0 Å². The Bertz CT molecular complexity index is 562. The highest BCUT2D eigenvalue weighted by Crippen LogP contribution is 2.28. The summed E-state index contributed by atoms with van der Waals surface area (Å²) in [6, 6.07) is 4.83. The Morgan fingerprint density at radius 1 is 1.38 bits per heavy atom. The van der Waals surface area contributed by atoms with Crippen molar-refractivity contribution in [1.82, 2.24) is 10.2 Å². The van der Waals surface area contributed by atoms with E-state index in [1.807, 2.05) is 0 Å². The number of rotatable bonds is 6. The number of nitrogens with zero attached hydrogens (tertiary/aromatic N) is 2. The van der Waals surface area contributed by atoms with E-state index in [4.69, 9.17) is 4.74 Å². The van der Waals surface area contributed by atoms with Crippen molar-refractivity contribution in [2.75, 3.05) is 39.9 Å². The standard InChI is InChI=1S/C15H21N3O5.ClH/c1-22-15(19)11-23-14-4-3-12(9-13(14)18(20)21)10-17-7-2-5-16-6-8-17;/h3-4,9,16H,2,5-8,10-11H2,1H3;1H. The van der Waals surface area contributed by atoms with Gasteiger partial charge in [0.15, 0.2) is 12.4 Å². The van der Waals surface area contributed by atoms with E-state index in [-0.39, 0.29) is 30.5 Å². The lowest BCUT2D eigenvalue weighted by Gasteiger charge is -2.19. The van der Waals surface area contributed by atoms with Crippen LogP contribution in [0.5, 0.6) is 5.75 Å². The first kappa shape index (κ1) is 20.1. The number of nitro groups is 1. The fourth-order valence-corrected chi connectivity index (χ4v) is 2.44. The minimum absolute atomic E-state index is 0. The zero-order chi connectivity index (χ0) is 16.7. The van der Waals surface area contributed by atoms with Crippen LogP contribution >= 0.6 is 12.4 Å².